The van der Waals surface area contributed by atoms with Gasteiger partial charge in [0.15, 0.2) is 0 Å². The van der Waals surface area contributed by atoms with Gasteiger partial charge in [0.2, 0.25) is 0 Å². The van der Waals surface area contributed by atoms with Crippen LogP contribution in [0.25, 0.3) is 0 Å². The van der Waals surface area contributed by atoms with Gasteiger partial charge in [-0.3, -0.25) is 4.79 Å². The first-order valence-corrected chi connectivity index (χ1v) is 5.94. The summed E-state index contributed by atoms with van der Waals surface area (Å²) in [6, 6.07) is 0. The molecule has 0 bridgehead atoms. The lowest BCUT2D eigenvalue weighted by atomic mass is 9.93. The van der Waals surface area contributed by atoms with Crippen LogP contribution < -0.4 is 5.32 Å². The molecule has 0 amide bonds. The lowest BCUT2D eigenvalue weighted by Crippen LogP contribution is -2.31. The molecule has 0 radical (unpaired) electrons. The first-order chi connectivity index (χ1) is 7.03. The van der Waals surface area contributed by atoms with E-state index in [1.165, 1.54) is 6.42 Å². The lowest BCUT2D eigenvalue weighted by molar-refractivity contribution is -0.143. The molecule has 0 saturated carbocycles. The number of nitrogens with one attached hydrogen (secondary N) is 1. The molecule has 0 aliphatic carbocycles. The largest absolute Gasteiger partial charge is 0.466 e. The van der Waals surface area contributed by atoms with Crippen molar-refractivity contribution in [1.82, 2.24) is 5.32 Å². The summed E-state index contributed by atoms with van der Waals surface area (Å²) < 4.78 is 4.89. The molecule has 3 nitrogen and oxygen atoms in total. The van der Waals surface area contributed by atoms with Crippen LogP contribution in [-0.2, 0) is 9.53 Å². The Kier molecular flexibility index (Phi) is 4.58. The third-order valence-corrected chi connectivity index (χ3v) is 2.97. The molecule has 1 rings (SSSR count). The van der Waals surface area contributed by atoms with Gasteiger partial charge < -0.3 is 10.1 Å². The van der Waals surface area contributed by atoms with Crippen LogP contribution in [0.1, 0.15) is 46.5 Å². The van der Waals surface area contributed by atoms with Crippen LogP contribution in [0.15, 0.2) is 0 Å². The van der Waals surface area contributed by atoms with Crippen molar-refractivity contribution in [2.45, 2.75) is 52.0 Å². The maximum absolute atomic E-state index is 11.1. The van der Waals surface area contributed by atoms with Gasteiger partial charge in [0.1, 0.15) is 0 Å². The topological polar surface area (TPSA) is 38.3 Å². The van der Waals surface area contributed by atoms with Gasteiger partial charge in [-0.25, -0.2) is 0 Å². The first-order valence-electron chi connectivity index (χ1n) is 5.94. The number of esters is 1. The molecule has 3 heteroatoms. The monoisotopic (exact) mass is 213 g/mol. The molecule has 0 spiro atoms. The van der Waals surface area contributed by atoms with E-state index in [0.717, 1.165) is 25.3 Å². The zero-order valence-electron chi connectivity index (χ0n) is 10.1. The first kappa shape index (κ1) is 12.5. The highest BCUT2D eigenvalue weighted by Gasteiger charge is 2.29. The minimum absolute atomic E-state index is 0.0530. The molecule has 1 fully saturated rings. The molecule has 1 unspecified atom stereocenters. The van der Waals surface area contributed by atoms with Gasteiger partial charge in [-0.05, 0) is 52.5 Å². The normalized spacial score (nSPS) is 24.1. The Bertz CT molecular complexity index is 214. The quantitative estimate of drug-likeness (QED) is 0.711. The molecule has 0 aromatic heterocycles. The van der Waals surface area contributed by atoms with E-state index in [-0.39, 0.29) is 11.5 Å². The summed E-state index contributed by atoms with van der Waals surface area (Å²) in [5.41, 5.74) is 0.286. The Labute approximate surface area is 92.6 Å². The van der Waals surface area contributed by atoms with Crippen molar-refractivity contribution in [2.24, 2.45) is 5.92 Å². The maximum Gasteiger partial charge on any atom is 0.305 e. The highest BCUT2D eigenvalue weighted by Crippen LogP contribution is 2.26. The molecule has 1 atom stereocenters. The summed E-state index contributed by atoms with van der Waals surface area (Å²) in [6.45, 7) is 7.91. The van der Waals surface area contributed by atoms with E-state index < -0.39 is 0 Å². The molecule has 1 aliphatic rings. The summed E-state index contributed by atoms with van der Waals surface area (Å²) >= 11 is 0. The second-order valence-corrected chi connectivity index (χ2v) is 5.03. The SMILES string of the molecule is CCOC(=O)CCCC1CNC(C)(C)C1. The van der Waals surface area contributed by atoms with Crippen LogP contribution in [-0.4, -0.2) is 24.7 Å². The molecule has 0 aromatic carbocycles. The number of hydrogen-bond donors (Lipinski definition) is 1. The predicted molar refractivity (Wildman–Crippen MR) is 60.7 cm³/mol. The van der Waals surface area contributed by atoms with Crippen LogP contribution in [0.2, 0.25) is 0 Å². The van der Waals surface area contributed by atoms with E-state index in [0.29, 0.717) is 13.0 Å². The molecule has 88 valence electrons. The number of hydrogen-bond acceptors (Lipinski definition) is 3. The van der Waals surface area contributed by atoms with Crippen LogP contribution in [0.4, 0.5) is 0 Å². The number of rotatable bonds is 5. The molecule has 1 heterocycles. The zero-order chi connectivity index (χ0) is 11.3. The summed E-state index contributed by atoms with van der Waals surface area (Å²) in [6.07, 6.45) is 3.89. The molecular weight excluding hydrogens is 190 g/mol. The van der Waals surface area contributed by atoms with E-state index in [2.05, 4.69) is 19.2 Å². The zero-order valence-corrected chi connectivity index (χ0v) is 10.1. The summed E-state index contributed by atoms with van der Waals surface area (Å²) in [7, 11) is 0. The van der Waals surface area contributed by atoms with Crippen molar-refractivity contribution in [2.75, 3.05) is 13.2 Å². The van der Waals surface area contributed by atoms with E-state index in [9.17, 15) is 4.79 Å². The van der Waals surface area contributed by atoms with Crippen molar-refractivity contribution in [3.05, 3.63) is 0 Å². The van der Waals surface area contributed by atoms with Crippen molar-refractivity contribution in [3.8, 4) is 0 Å². The highest BCUT2D eigenvalue weighted by atomic mass is 16.5. The number of carbonyl (C=O) groups is 1. The van der Waals surface area contributed by atoms with Crippen molar-refractivity contribution >= 4 is 5.97 Å². The fraction of sp³-hybridized carbons (Fsp3) is 0.917. The molecule has 1 aliphatic heterocycles. The van der Waals surface area contributed by atoms with Gasteiger partial charge in [-0.2, -0.15) is 0 Å². The average molecular weight is 213 g/mol. The minimum Gasteiger partial charge on any atom is -0.466 e. The second kappa shape index (κ2) is 5.50. The van der Waals surface area contributed by atoms with E-state index in [1.54, 1.807) is 0 Å². The third-order valence-electron chi connectivity index (χ3n) is 2.97. The minimum atomic E-state index is -0.0530. The Morgan fingerprint density at radius 3 is 2.80 bits per heavy atom. The molecule has 0 aromatic rings. The number of carbonyl (C=O) groups excluding carboxylic acids is 1. The smallest absolute Gasteiger partial charge is 0.305 e. The van der Waals surface area contributed by atoms with Crippen LogP contribution in [0.3, 0.4) is 0 Å². The van der Waals surface area contributed by atoms with E-state index in [4.69, 9.17) is 4.74 Å². The second-order valence-electron chi connectivity index (χ2n) is 5.03. The molecular formula is C12H23NO2. The maximum atomic E-state index is 11.1. The van der Waals surface area contributed by atoms with Gasteiger partial charge in [0.05, 0.1) is 6.61 Å². The van der Waals surface area contributed by atoms with Crippen molar-refractivity contribution in [1.29, 1.82) is 0 Å². The lowest BCUT2D eigenvalue weighted by Gasteiger charge is -2.17. The Hall–Kier alpha value is -0.570. The Morgan fingerprint density at radius 2 is 2.27 bits per heavy atom. The fourth-order valence-electron chi connectivity index (χ4n) is 2.26. The van der Waals surface area contributed by atoms with Crippen molar-refractivity contribution < 1.29 is 9.53 Å². The number of ether oxygens (including phenoxy) is 1. The van der Waals surface area contributed by atoms with Crippen LogP contribution in [0, 0.1) is 5.92 Å². The van der Waals surface area contributed by atoms with Gasteiger partial charge in [-0.1, -0.05) is 0 Å². The summed E-state index contributed by atoms with van der Waals surface area (Å²) in [5.74, 6) is 0.678. The van der Waals surface area contributed by atoms with Gasteiger partial charge in [-0.15, -0.1) is 0 Å². The average Bonchev–Trinajstić information content (AvgIpc) is 2.46. The van der Waals surface area contributed by atoms with Crippen LogP contribution >= 0.6 is 0 Å². The highest BCUT2D eigenvalue weighted by molar-refractivity contribution is 5.69. The molecule has 15 heavy (non-hydrogen) atoms. The fourth-order valence-corrected chi connectivity index (χ4v) is 2.26. The van der Waals surface area contributed by atoms with Crippen molar-refractivity contribution in [3.63, 3.8) is 0 Å². The Balaban J connectivity index is 2.09. The summed E-state index contributed by atoms with van der Waals surface area (Å²) in [4.78, 5) is 11.1. The van der Waals surface area contributed by atoms with Crippen LogP contribution in [0.5, 0.6) is 0 Å². The van der Waals surface area contributed by atoms with Gasteiger partial charge in [0, 0.05) is 12.0 Å². The Morgan fingerprint density at radius 1 is 1.53 bits per heavy atom. The van der Waals surface area contributed by atoms with Gasteiger partial charge in [0.25, 0.3) is 0 Å². The standard InChI is InChI=1S/C12H23NO2/c1-4-15-11(14)7-5-6-10-8-12(2,3)13-9-10/h10,13H,4-9H2,1-3H3. The van der Waals surface area contributed by atoms with E-state index >= 15 is 0 Å². The molecule has 1 N–H and O–H groups in total. The van der Waals surface area contributed by atoms with Gasteiger partial charge >= 0.3 is 5.97 Å². The third kappa shape index (κ3) is 4.65. The summed E-state index contributed by atoms with van der Waals surface area (Å²) in [5, 5.41) is 3.49. The molecule has 1 saturated heterocycles. The predicted octanol–water partition coefficient (Wildman–Crippen LogP) is 2.11. The van der Waals surface area contributed by atoms with E-state index in [1.807, 2.05) is 6.92 Å².